The Labute approximate surface area is 101 Å². The molecule has 0 unspecified atom stereocenters. The van der Waals surface area contributed by atoms with E-state index in [0.29, 0.717) is 22.8 Å². The Morgan fingerprint density at radius 2 is 2.28 bits per heavy atom. The summed E-state index contributed by atoms with van der Waals surface area (Å²) >= 11 is 0. The van der Waals surface area contributed by atoms with Gasteiger partial charge in [0.2, 0.25) is 0 Å². The molecule has 0 saturated heterocycles. The molecule has 90 valence electrons. The van der Waals surface area contributed by atoms with Gasteiger partial charge >= 0.3 is 5.97 Å². The molecule has 0 amide bonds. The molecule has 7 heteroatoms. The number of hydrogen-bond donors (Lipinski definition) is 1. The lowest BCUT2D eigenvalue weighted by atomic mass is 10.3. The van der Waals surface area contributed by atoms with Crippen LogP contribution in [0.4, 0.5) is 0 Å². The lowest BCUT2D eigenvalue weighted by Crippen LogP contribution is -2.10. The average molecular weight is 244 g/mol. The molecule has 18 heavy (non-hydrogen) atoms. The molecule has 3 rings (SSSR count). The summed E-state index contributed by atoms with van der Waals surface area (Å²) in [6.07, 6.45) is 1.54. The summed E-state index contributed by atoms with van der Waals surface area (Å²) in [6.45, 7) is 1.63. The molecular formula is C11H8N4O3. The number of carboxylic acids is 1. The minimum atomic E-state index is -1.13. The molecule has 3 aromatic rings. The summed E-state index contributed by atoms with van der Waals surface area (Å²) in [4.78, 5) is 10.9. The van der Waals surface area contributed by atoms with Gasteiger partial charge in [0.15, 0.2) is 17.1 Å². The minimum absolute atomic E-state index is 0.114. The molecule has 0 aliphatic carbocycles. The van der Waals surface area contributed by atoms with Crippen LogP contribution in [0.2, 0.25) is 0 Å². The molecule has 0 atom stereocenters. The van der Waals surface area contributed by atoms with Crippen molar-refractivity contribution in [3.05, 3.63) is 35.9 Å². The van der Waals surface area contributed by atoms with Crippen LogP contribution < -0.4 is 0 Å². The summed E-state index contributed by atoms with van der Waals surface area (Å²) in [5.74, 6) is -0.534. The highest BCUT2D eigenvalue weighted by Crippen LogP contribution is 2.20. The molecule has 0 spiro atoms. The highest BCUT2D eigenvalue weighted by molar-refractivity contribution is 5.86. The minimum Gasteiger partial charge on any atom is -0.476 e. The van der Waals surface area contributed by atoms with Crippen LogP contribution in [-0.4, -0.2) is 30.9 Å². The summed E-state index contributed by atoms with van der Waals surface area (Å²) < 4.78 is 6.67. The van der Waals surface area contributed by atoms with E-state index in [0.717, 1.165) is 0 Å². The first-order valence-electron chi connectivity index (χ1n) is 5.17. The van der Waals surface area contributed by atoms with Gasteiger partial charge in [0, 0.05) is 6.07 Å². The fourth-order valence-corrected chi connectivity index (χ4v) is 1.71. The topological polar surface area (TPSA) is 93.5 Å². The van der Waals surface area contributed by atoms with E-state index in [-0.39, 0.29) is 5.69 Å². The lowest BCUT2D eigenvalue weighted by molar-refractivity contribution is 0.0687. The van der Waals surface area contributed by atoms with E-state index in [1.807, 2.05) is 0 Å². The number of aromatic carboxylic acids is 1. The fourth-order valence-electron chi connectivity index (χ4n) is 1.71. The predicted octanol–water partition coefficient (Wildman–Crippen LogP) is 1.39. The summed E-state index contributed by atoms with van der Waals surface area (Å²) in [5, 5.41) is 20.7. The monoisotopic (exact) mass is 244 g/mol. The van der Waals surface area contributed by atoms with Crippen LogP contribution in [0.25, 0.3) is 17.1 Å². The Balaban J connectivity index is 2.24. The summed E-state index contributed by atoms with van der Waals surface area (Å²) in [5.41, 5.74) is 1.37. The van der Waals surface area contributed by atoms with Crippen molar-refractivity contribution in [2.24, 2.45) is 0 Å². The van der Waals surface area contributed by atoms with Gasteiger partial charge in [-0.2, -0.15) is 5.10 Å². The van der Waals surface area contributed by atoms with Gasteiger partial charge in [-0.3, -0.25) is 0 Å². The van der Waals surface area contributed by atoms with Crippen molar-refractivity contribution >= 4 is 11.6 Å². The highest BCUT2D eigenvalue weighted by Gasteiger charge is 2.16. The van der Waals surface area contributed by atoms with Crippen LogP contribution in [-0.2, 0) is 0 Å². The number of nitrogens with zero attached hydrogens (tertiary/aromatic N) is 4. The molecule has 0 aliphatic heterocycles. The van der Waals surface area contributed by atoms with E-state index in [1.165, 1.54) is 4.52 Å². The van der Waals surface area contributed by atoms with Gasteiger partial charge in [-0.25, -0.2) is 9.31 Å². The Morgan fingerprint density at radius 1 is 1.44 bits per heavy atom. The molecule has 0 saturated carbocycles. The van der Waals surface area contributed by atoms with Gasteiger partial charge < -0.3 is 9.52 Å². The first-order valence-corrected chi connectivity index (χ1v) is 5.17. The normalized spacial score (nSPS) is 10.9. The van der Waals surface area contributed by atoms with Crippen molar-refractivity contribution in [1.29, 1.82) is 0 Å². The predicted molar refractivity (Wildman–Crippen MR) is 60.2 cm³/mol. The van der Waals surface area contributed by atoms with Crippen molar-refractivity contribution in [3.63, 3.8) is 0 Å². The molecule has 3 heterocycles. The second-order valence-electron chi connectivity index (χ2n) is 3.72. The van der Waals surface area contributed by atoms with Gasteiger partial charge in [0.05, 0.1) is 12.0 Å². The molecule has 0 aromatic carbocycles. The third kappa shape index (κ3) is 1.45. The lowest BCUT2D eigenvalue weighted by Gasteiger charge is -2.00. The largest absolute Gasteiger partial charge is 0.476 e. The van der Waals surface area contributed by atoms with Crippen LogP contribution >= 0.6 is 0 Å². The summed E-state index contributed by atoms with van der Waals surface area (Å²) in [6, 6.07) is 5.20. The number of aryl methyl sites for hydroxylation is 1. The molecule has 0 fully saturated rings. The summed E-state index contributed by atoms with van der Waals surface area (Å²) in [7, 11) is 0. The van der Waals surface area contributed by atoms with Crippen LogP contribution in [0.1, 0.15) is 16.2 Å². The molecule has 3 aromatic heterocycles. The molecule has 7 nitrogen and oxygen atoms in total. The van der Waals surface area contributed by atoms with Crippen LogP contribution in [0.15, 0.2) is 28.9 Å². The zero-order chi connectivity index (χ0) is 12.7. The number of fused-ring (bicyclic) bond motifs is 1. The third-order valence-corrected chi connectivity index (χ3v) is 2.58. The smallest absolute Gasteiger partial charge is 0.358 e. The molecule has 0 radical (unpaired) electrons. The highest BCUT2D eigenvalue weighted by atomic mass is 16.4. The van der Waals surface area contributed by atoms with E-state index < -0.39 is 5.97 Å². The van der Waals surface area contributed by atoms with Gasteiger partial charge in [-0.15, -0.1) is 10.2 Å². The maximum Gasteiger partial charge on any atom is 0.358 e. The fraction of sp³-hybridized carbons (Fsp3) is 0.0909. The first-order chi connectivity index (χ1) is 8.66. The number of rotatable bonds is 2. The SMILES string of the molecule is Cc1c(C(=O)O)nnc2cc(-c3ccco3)nn12. The standard InChI is InChI=1S/C11H8N4O3/c1-6-10(11(16)17)13-12-9-5-7(14-15(6)9)8-3-2-4-18-8/h2-5H,1H3,(H,16,17). The van der Waals surface area contributed by atoms with E-state index in [2.05, 4.69) is 15.3 Å². The van der Waals surface area contributed by atoms with Crippen LogP contribution in [0, 0.1) is 6.92 Å². The van der Waals surface area contributed by atoms with Crippen molar-refractivity contribution in [3.8, 4) is 11.5 Å². The zero-order valence-electron chi connectivity index (χ0n) is 9.36. The quantitative estimate of drug-likeness (QED) is 0.732. The van der Waals surface area contributed by atoms with Crippen LogP contribution in [0.5, 0.6) is 0 Å². The van der Waals surface area contributed by atoms with E-state index in [9.17, 15) is 4.79 Å². The molecule has 1 N–H and O–H groups in total. The first kappa shape index (κ1) is 10.5. The number of furan rings is 1. The zero-order valence-corrected chi connectivity index (χ0v) is 9.36. The molecular weight excluding hydrogens is 236 g/mol. The van der Waals surface area contributed by atoms with Gasteiger partial charge in [0.1, 0.15) is 5.69 Å². The number of aromatic nitrogens is 4. The maximum atomic E-state index is 10.9. The Kier molecular flexibility index (Phi) is 2.12. The van der Waals surface area contributed by atoms with Gasteiger partial charge in [0.25, 0.3) is 0 Å². The number of hydrogen-bond acceptors (Lipinski definition) is 5. The third-order valence-electron chi connectivity index (χ3n) is 2.58. The van der Waals surface area contributed by atoms with Gasteiger partial charge in [-0.1, -0.05) is 0 Å². The Bertz CT molecular complexity index is 730. The Hall–Kier alpha value is -2.70. The van der Waals surface area contributed by atoms with E-state index in [4.69, 9.17) is 9.52 Å². The van der Waals surface area contributed by atoms with E-state index in [1.54, 1.807) is 31.4 Å². The maximum absolute atomic E-state index is 10.9. The Morgan fingerprint density at radius 3 is 2.94 bits per heavy atom. The van der Waals surface area contributed by atoms with Crippen molar-refractivity contribution in [2.75, 3.05) is 0 Å². The molecule has 0 aliphatic rings. The second kappa shape index (κ2) is 3.66. The number of carboxylic acid groups (broad SMARTS) is 1. The van der Waals surface area contributed by atoms with Crippen molar-refractivity contribution in [1.82, 2.24) is 19.8 Å². The van der Waals surface area contributed by atoms with Gasteiger partial charge in [-0.05, 0) is 19.1 Å². The molecule has 0 bridgehead atoms. The van der Waals surface area contributed by atoms with Crippen LogP contribution in [0.3, 0.4) is 0 Å². The average Bonchev–Trinajstić information content (AvgIpc) is 2.97. The van der Waals surface area contributed by atoms with Crippen molar-refractivity contribution in [2.45, 2.75) is 6.92 Å². The van der Waals surface area contributed by atoms with E-state index >= 15 is 0 Å². The second-order valence-corrected chi connectivity index (χ2v) is 3.72. The number of carbonyl (C=O) groups is 1. The van der Waals surface area contributed by atoms with Crippen molar-refractivity contribution < 1.29 is 14.3 Å².